The van der Waals surface area contributed by atoms with Crippen molar-refractivity contribution in [2.75, 3.05) is 39.8 Å². The van der Waals surface area contributed by atoms with Crippen LogP contribution in [0.1, 0.15) is 17.4 Å². The second-order valence-electron chi connectivity index (χ2n) is 6.32. The van der Waals surface area contributed by atoms with Crippen molar-refractivity contribution in [3.05, 3.63) is 63.3 Å². The Balaban J connectivity index is 1.49. The normalized spacial score (nSPS) is 17.6. The fourth-order valence-electron chi connectivity index (χ4n) is 3.09. The van der Waals surface area contributed by atoms with Gasteiger partial charge in [-0.3, -0.25) is 14.8 Å². The van der Waals surface area contributed by atoms with Gasteiger partial charge in [0, 0.05) is 62.1 Å². The van der Waals surface area contributed by atoms with Gasteiger partial charge in [-0.1, -0.05) is 23.7 Å². The standard InChI is InChI=1S/C19H23BrClN3O/c1-25-19(15-2-5-17(21)6-3-15)14-24-10-8-23(9-11-24)13-18-7-4-16(20)12-22-18/h2-7,12,19H,8-11,13-14H2,1H3. The molecule has 0 bridgehead atoms. The van der Waals surface area contributed by atoms with Gasteiger partial charge in [0.15, 0.2) is 0 Å². The van der Waals surface area contributed by atoms with Crippen molar-refractivity contribution in [1.82, 2.24) is 14.8 Å². The van der Waals surface area contributed by atoms with E-state index in [1.807, 2.05) is 36.5 Å². The molecule has 1 saturated heterocycles. The van der Waals surface area contributed by atoms with Crippen LogP contribution in [0.4, 0.5) is 0 Å². The van der Waals surface area contributed by atoms with Gasteiger partial charge in [0.05, 0.1) is 11.8 Å². The van der Waals surface area contributed by atoms with Crippen LogP contribution < -0.4 is 0 Å². The Labute approximate surface area is 162 Å². The van der Waals surface area contributed by atoms with Gasteiger partial charge in [-0.05, 0) is 45.8 Å². The van der Waals surface area contributed by atoms with Gasteiger partial charge in [0.25, 0.3) is 0 Å². The molecular weight excluding hydrogens is 402 g/mol. The molecule has 134 valence electrons. The fourth-order valence-corrected chi connectivity index (χ4v) is 3.45. The van der Waals surface area contributed by atoms with Crippen LogP contribution in [0.25, 0.3) is 0 Å². The van der Waals surface area contributed by atoms with Crippen molar-refractivity contribution in [2.45, 2.75) is 12.6 Å². The van der Waals surface area contributed by atoms with E-state index < -0.39 is 0 Å². The molecule has 4 nitrogen and oxygen atoms in total. The average Bonchev–Trinajstić information content (AvgIpc) is 2.64. The summed E-state index contributed by atoms with van der Waals surface area (Å²) in [5.74, 6) is 0. The number of hydrogen-bond acceptors (Lipinski definition) is 4. The van der Waals surface area contributed by atoms with E-state index in [1.54, 1.807) is 7.11 Å². The molecule has 1 aromatic heterocycles. The van der Waals surface area contributed by atoms with E-state index >= 15 is 0 Å². The molecule has 0 N–H and O–H groups in total. The number of halogens is 2. The molecule has 6 heteroatoms. The number of nitrogens with zero attached hydrogens (tertiary/aromatic N) is 3. The first kappa shape index (κ1) is 18.8. The van der Waals surface area contributed by atoms with E-state index in [1.165, 1.54) is 5.56 Å². The minimum Gasteiger partial charge on any atom is -0.375 e. The maximum Gasteiger partial charge on any atom is 0.0947 e. The van der Waals surface area contributed by atoms with Crippen LogP contribution in [-0.4, -0.2) is 54.6 Å². The van der Waals surface area contributed by atoms with Crippen LogP contribution in [0.5, 0.6) is 0 Å². The minimum atomic E-state index is 0.0805. The van der Waals surface area contributed by atoms with E-state index in [0.29, 0.717) is 0 Å². The molecule has 25 heavy (non-hydrogen) atoms. The summed E-state index contributed by atoms with van der Waals surface area (Å²) in [6.45, 7) is 6.01. The Kier molecular flexibility index (Phi) is 6.84. The fraction of sp³-hybridized carbons (Fsp3) is 0.421. The monoisotopic (exact) mass is 423 g/mol. The number of aromatic nitrogens is 1. The summed E-state index contributed by atoms with van der Waals surface area (Å²) in [5, 5.41) is 0.758. The van der Waals surface area contributed by atoms with Crippen LogP contribution in [0.15, 0.2) is 47.1 Å². The number of benzene rings is 1. The molecule has 0 radical (unpaired) electrons. The summed E-state index contributed by atoms with van der Waals surface area (Å²) in [6, 6.07) is 12.1. The van der Waals surface area contributed by atoms with Gasteiger partial charge >= 0.3 is 0 Å². The molecule has 0 aliphatic carbocycles. The molecule has 1 aliphatic heterocycles. The smallest absolute Gasteiger partial charge is 0.0947 e. The maximum atomic E-state index is 5.98. The number of piperazine rings is 1. The van der Waals surface area contributed by atoms with E-state index in [2.05, 4.69) is 36.8 Å². The van der Waals surface area contributed by atoms with Crippen LogP contribution in [0.2, 0.25) is 5.02 Å². The summed E-state index contributed by atoms with van der Waals surface area (Å²) in [7, 11) is 1.77. The SMILES string of the molecule is COC(CN1CCN(Cc2ccc(Br)cn2)CC1)c1ccc(Cl)cc1. The zero-order valence-corrected chi connectivity index (χ0v) is 16.7. The van der Waals surface area contributed by atoms with Crippen molar-refractivity contribution >= 4 is 27.5 Å². The Hall–Kier alpha value is -0.980. The van der Waals surface area contributed by atoms with Gasteiger partial charge in [-0.15, -0.1) is 0 Å². The molecule has 1 atom stereocenters. The first-order valence-corrected chi connectivity index (χ1v) is 9.64. The van der Waals surface area contributed by atoms with Crippen LogP contribution in [-0.2, 0) is 11.3 Å². The highest BCUT2D eigenvalue weighted by molar-refractivity contribution is 9.10. The van der Waals surface area contributed by atoms with Crippen molar-refractivity contribution in [2.24, 2.45) is 0 Å². The second kappa shape index (κ2) is 9.10. The summed E-state index contributed by atoms with van der Waals surface area (Å²) in [5.41, 5.74) is 2.29. The average molecular weight is 425 g/mol. The third kappa shape index (κ3) is 5.50. The molecule has 0 spiro atoms. The third-order valence-corrected chi connectivity index (χ3v) is 5.31. The van der Waals surface area contributed by atoms with Crippen molar-refractivity contribution in [1.29, 1.82) is 0 Å². The molecule has 3 rings (SSSR count). The minimum absolute atomic E-state index is 0.0805. The van der Waals surface area contributed by atoms with Gasteiger partial charge in [-0.25, -0.2) is 0 Å². The zero-order valence-electron chi connectivity index (χ0n) is 14.4. The number of rotatable bonds is 6. The van der Waals surface area contributed by atoms with Crippen LogP contribution in [0, 0.1) is 0 Å². The lowest BCUT2D eigenvalue weighted by Crippen LogP contribution is -2.47. The van der Waals surface area contributed by atoms with Gasteiger partial charge in [0.2, 0.25) is 0 Å². The lowest BCUT2D eigenvalue weighted by atomic mass is 10.1. The predicted octanol–water partition coefficient (Wildman–Crippen LogP) is 4.00. The number of pyridine rings is 1. The van der Waals surface area contributed by atoms with Gasteiger partial charge in [0.1, 0.15) is 0 Å². The topological polar surface area (TPSA) is 28.6 Å². The van der Waals surface area contributed by atoms with Crippen molar-refractivity contribution in [3.63, 3.8) is 0 Å². The van der Waals surface area contributed by atoms with E-state index in [4.69, 9.17) is 16.3 Å². The maximum absolute atomic E-state index is 5.98. The Bertz CT molecular complexity index is 657. The summed E-state index contributed by atoms with van der Waals surface area (Å²) in [6.07, 6.45) is 1.94. The number of hydrogen-bond donors (Lipinski definition) is 0. The Morgan fingerprint density at radius 2 is 1.76 bits per heavy atom. The predicted molar refractivity (Wildman–Crippen MR) is 105 cm³/mol. The number of methoxy groups -OCH3 is 1. The van der Waals surface area contributed by atoms with Crippen molar-refractivity contribution in [3.8, 4) is 0 Å². The van der Waals surface area contributed by atoms with E-state index in [0.717, 1.165) is 54.5 Å². The van der Waals surface area contributed by atoms with E-state index in [-0.39, 0.29) is 6.10 Å². The van der Waals surface area contributed by atoms with Crippen LogP contribution in [0.3, 0.4) is 0 Å². The third-order valence-electron chi connectivity index (χ3n) is 4.59. The van der Waals surface area contributed by atoms with Crippen LogP contribution >= 0.6 is 27.5 Å². The summed E-state index contributed by atoms with van der Waals surface area (Å²) >= 11 is 9.41. The molecule has 1 aromatic carbocycles. The molecule has 2 heterocycles. The zero-order chi connectivity index (χ0) is 17.6. The quantitative estimate of drug-likeness (QED) is 0.701. The second-order valence-corrected chi connectivity index (χ2v) is 7.67. The summed E-state index contributed by atoms with van der Waals surface area (Å²) in [4.78, 5) is 9.39. The van der Waals surface area contributed by atoms with Crippen molar-refractivity contribution < 1.29 is 4.74 Å². The molecule has 2 aromatic rings. The first-order valence-electron chi connectivity index (χ1n) is 8.47. The molecule has 0 saturated carbocycles. The molecule has 1 unspecified atom stereocenters. The molecule has 1 aliphatic rings. The molecular formula is C19H23BrClN3O. The lowest BCUT2D eigenvalue weighted by molar-refractivity contribution is 0.0403. The summed E-state index contributed by atoms with van der Waals surface area (Å²) < 4.78 is 6.72. The highest BCUT2D eigenvalue weighted by Gasteiger charge is 2.21. The highest BCUT2D eigenvalue weighted by Crippen LogP contribution is 2.21. The Morgan fingerprint density at radius 1 is 1.08 bits per heavy atom. The molecule has 0 amide bonds. The lowest BCUT2D eigenvalue weighted by Gasteiger charge is -2.36. The van der Waals surface area contributed by atoms with Gasteiger partial charge < -0.3 is 4.74 Å². The number of ether oxygens (including phenoxy) is 1. The Morgan fingerprint density at radius 3 is 2.36 bits per heavy atom. The van der Waals surface area contributed by atoms with E-state index in [9.17, 15) is 0 Å². The highest BCUT2D eigenvalue weighted by atomic mass is 79.9. The largest absolute Gasteiger partial charge is 0.375 e. The van der Waals surface area contributed by atoms with Gasteiger partial charge in [-0.2, -0.15) is 0 Å². The first-order chi connectivity index (χ1) is 12.1. The molecule has 1 fully saturated rings.